The molecule has 0 aliphatic rings. The molecule has 0 saturated heterocycles. The SMILES string of the molecule is C[C@@H](O)c1ccc(N(C)c2cccc(F)c2)c(Br)c1. The summed E-state index contributed by atoms with van der Waals surface area (Å²) in [7, 11) is 1.87. The zero-order valence-corrected chi connectivity index (χ0v) is 12.4. The number of hydrogen-bond acceptors (Lipinski definition) is 2. The monoisotopic (exact) mass is 323 g/mol. The van der Waals surface area contributed by atoms with Crippen LogP contribution in [0.3, 0.4) is 0 Å². The summed E-state index contributed by atoms with van der Waals surface area (Å²) >= 11 is 3.49. The van der Waals surface area contributed by atoms with Crippen LogP contribution in [0.5, 0.6) is 0 Å². The van der Waals surface area contributed by atoms with Crippen LogP contribution in [-0.2, 0) is 0 Å². The number of halogens is 2. The largest absolute Gasteiger partial charge is 0.389 e. The molecule has 4 heteroatoms. The minimum atomic E-state index is -0.509. The summed E-state index contributed by atoms with van der Waals surface area (Å²) in [5.41, 5.74) is 2.52. The van der Waals surface area contributed by atoms with Crippen LogP contribution < -0.4 is 4.90 Å². The second kappa shape index (κ2) is 5.72. The summed E-state index contributed by atoms with van der Waals surface area (Å²) in [6.07, 6.45) is -0.509. The highest BCUT2D eigenvalue weighted by molar-refractivity contribution is 9.10. The van der Waals surface area contributed by atoms with E-state index < -0.39 is 6.10 Å². The standard InChI is InChI=1S/C15H15BrFNO/c1-10(19)11-6-7-15(14(16)8-11)18(2)13-5-3-4-12(17)9-13/h3-10,19H,1-2H3/t10-/m1/s1. The maximum absolute atomic E-state index is 13.2. The van der Waals surface area contributed by atoms with Crippen LogP contribution in [0.2, 0.25) is 0 Å². The molecule has 19 heavy (non-hydrogen) atoms. The van der Waals surface area contributed by atoms with E-state index in [9.17, 15) is 9.50 Å². The van der Waals surface area contributed by atoms with Crippen molar-refractivity contribution in [1.82, 2.24) is 0 Å². The van der Waals surface area contributed by atoms with Crippen molar-refractivity contribution in [2.45, 2.75) is 13.0 Å². The molecule has 100 valence electrons. The van der Waals surface area contributed by atoms with Crippen molar-refractivity contribution in [3.63, 3.8) is 0 Å². The maximum Gasteiger partial charge on any atom is 0.125 e. The van der Waals surface area contributed by atoms with Gasteiger partial charge in [0, 0.05) is 17.2 Å². The molecule has 0 radical (unpaired) electrons. The van der Waals surface area contributed by atoms with Crippen LogP contribution in [0.1, 0.15) is 18.6 Å². The summed E-state index contributed by atoms with van der Waals surface area (Å²) in [6.45, 7) is 1.72. The van der Waals surface area contributed by atoms with Gasteiger partial charge in [0.2, 0.25) is 0 Å². The van der Waals surface area contributed by atoms with E-state index in [4.69, 9.17) is 0 Å². The van der Waals surface area contributed by atoms with E-state index in [1.54, 1.807) is 13.0 Å². The first-order valence-electron chi connectivity index (χ1n) is 5.96. The fourth-order valence-electron chi connectivity index (χ4n) is 1.88. The minimum Gasteiger partial charge on any atom is -0.389 e. The average Bonchev–Trinajstić information content (AvgIpc) is 2.37. The molecule has 1 N–H and O–H groups in total. The quantitative estimate of drug-likeness (QED) is 0.904. The molecule has 0 fully saturated rings. The molecule has 0 heterocycles. The van der Waals surface area contributed by atoms with Crippen molar-refractivity contribution in [1.29, 1.82) is 0 Å². The van der Waals surface area contributed by atoms with Gasteiger partial charge in [-0.15, -0.1) is 0 Å². The van der Waals surface area contributed by atoms with Gasteiger partial charge in [-0.05, 0) is 58.7 Å². The smallest absolute Gasteiger partial charge is 0.125 e. The lowest BCUT2D eigenvalue weighted by molar-refractivity contribution is 0.199. The molecule has 0 spiro atoms. The molecular weight excluding hydrogens is 309 g/mol. The fourth-order valence-corrected chi connectivity index (χ4v) is 2.54. The van der Waals surface area contributed by atoms with E-state index in [1.807, 2.05) is 36.2 Å². The molecule has 0 aliphatic heterocycles. The van der Waals surface area contributed by atoms with Gasteiger partial charge < -0.3 is 10.0 Å². The summed E-state index contributed by atoms with van der Waals surface area (Å²) < 4.78 is 14.1. The van der Waals surface area contributed by atoms with E-state index in [2.05, 4.69) is 15.9 Å². The molecule has 0 bridgehead atoms. The molecule has 0 unspecified atom stereocenters. The van der Waals surface area contributed by atoms with Crippen molar-refractivity contribution < 1.29 is 9.50 Å². The molecular formula is C15H15BrFNO. The molecule has 2 aromatic rings. The lowest BCUT2D eigenvalue weighted by Crippen LogP contribution is -2.10. The Morgan fingerprint density at radius 3 is 2.53 bits per heavy atom. The predicted molar refractivity (Wildman–Crippen MR) is 79.2 cm³/mol. The second-order valence-corrected chi connectivity index (χ2v) is 5.28. The molecule has 2 rings (SSSR count). The second-order valence-electron chi connectivity index (χ2n) is 4.43. The lowest BCUT2D eigenvalue weighted by Gasteiger charge is -2.21. The molecule has 0 amide bonds. The first kappa shape index (κ1) is 14.0. The molecule has 0 aromatic heterocycles. The zero-order valence-electron chi connectivity index (χ0n) is 10.8. The number of anilines is 2. The van der Waals surface area contributed by atoms with Crippen molar-refractivity contribution in [3.8, 4) is 0 Å². The van der Waals surface area contributed by atoms with Gasteiger partial charge >= 0.3 is 0 Å². The van der Waals surface area contributed by atoms with E-state index >= 15 is 0 Å². The van der Waals surface area contributed by atoms with Gasteiger partial charge in [0.15, 0.2) is 0 Å². The van der Waals surface area contributed by atoms with Gasteiger partial charge in [-0.3, -0.25) is 0 Å². The summed E-state index contributed by atoms with van der Waals surface area (Å²) in [5, 5.41) is 9.55. The van der Waals surface area contributed by atoms with Gasteiger partial charge in [-0.2, -0.15) is 0 Å². The summed E-state index contributed by atoms with van der Waals surface area (Å²) in [6, 6.07) is 12.1. The first-order chi connectivity index (χ1) is 8.99. The number of hydrogen-bond donors (Lipinski definition) is 1. The number of rotatable bonds is 3. The van der Waals surface area contributed by atoms with Gasteiger partial charge in [-0.25, -0.2) is 4.39 Å². The van der Waals surface area contributed by atoms with Crippen molar-refractivity contribution >= 4 is 27.3 Å². The summed E-state index contributed by atoms with van der Waals surface area (Å²) in [5.74, 6) is -0.263. The molecule has 0 aliphatic carbocycles. The Morgan fingerprint density at radius 1 is 1.21 bits per heavy atom. The van der Waals surface area contributed by atoms with Crippen molar-refractivity contribution in [2.24, 2.45) is 0 Å². The molecule has 0 saturated carbocycles. The van der Waals surface area contributed by atoms with E-state index in [0.717, 1.165) is 21.4 Å². The van der Waals surface area contributed by atoms with Crippen LogP contribution in [0, 0.1) is 5.82 Å². The van der Waals surface area contributed by atoms with Crippen LogP contribution in [0.4, 0.5) is 15.8 Å². The number of nitrogens with zero attached hydrogens (tertiary/aromatic N) is 1. The predicted octanol–water partition coefficient (Wildman–Crippen LogP) is 4.41. The highest BCUT2D eigenvalue weighted by Crippen LogP contribution is 2.33. The average molecular weight is 324 g/mol. The Kier molecular flexibility index (Phi) is 4.22. The Bertz CT molecular complexity index is 586. The van der Waals surface area contributed by atoms with Crippen LogP contribution in [0.15, 0.2) is 46.9 Å². The van der Waals surface area contributed by atoms with Crippen LogP contribution in [-0.4, -0.2) is 12.2 Å². The zero-order chi connectivity index (χ0) is 14.0. The highest BCUT2D eigenvalue weighted by atomic mass is 79.9. The number of aliphatic hydroxyl groups excluding tert-OH is 1. The van der Waals surface area contributed by atoms with Crippen molar-refractivity contribution in [2.75, 3.05) is 11.9 Å². The third-order valence-electron chi connectivity index (χ3n) is 3.01. The topological polar surface area (TPSA) is 23.5 Å². The summed E-state index contributed by atoms with van der Waals surface area (Å²) in [4.78, 5) is 1.89. The van der Waals surface area contributed by atoms with Crippen molar-refractivity contribution in [3.05, 3.63) is 58.3 Å². The van der Waals surface area contributed by atoms with Crippen LogP contribution >= 0.6 is 15.9 Å². The Balaban J connectivity index is 2.36. The Morgan fingerprint density at radius 2 is 1.95 bits per heavy atom. The minimum absolute atomic E-state index is 0.263. The molecule has 2 aromatic carbocycles. The fraction of sp³-hybridized carbons (Fsp3) is 0.200. The highest BCUT2D eigenvalue weighted by Gasteiger charge is 2.10. The van der Waals surface area contributed by atoms with E-state index in [0.29, 0.717) is 0 Å². The van der Waals surface area contributed by atoms with E-state index in [-0.39, 0.29) is 5.82 Å². The first-order valence-corrected chi connectivity index (χ1v) is 6.75. The number of aliphatic hydroxyl groups is 1. The van der Waals surface area contributed by atoms with Gasteiger partial charge in [0.05, 0.1) is 11.8 Å². The Hall–Kier alpha value is -1.39. The Labute approximate surface area is 120 Å². The van der Waals surface area contributed by atoms with Gasteiger partial charge in [0.25, 0.3) is 0 Å². The number of benzene rings is 2. The maximum atomic E-state index is 13.2. The van der Waals surface area contributed by atoms with Gasteiger partial charge in [0.1, 0.15) is 5.82 Å². The lowest BCUT2D eigenvalue weighted by atomic mass is 10.1. The van der Waals surface area contributed by atoms with Crippen LogP contribution in [0.25, 0.3) is 0 Å². The van der Waals surface area contributed by atoms with E-state index in [1.165, 1.54) is 12.1 Å². The normalized spacial score (nSPS) is 12.3. The molecule has 1 atom stereocenters. The third kappa shape index (κ3) is 3.14. The third-order valence-corrected chi connectivity index (χ3v) is 3.65. The molecule has 2 nitrogen and oxygen atoms in total. The van der Waals surface area contributed by atoms with Gasteiger partial charge in [-0.1, -0.05) is 12.1 Å².